The molecule has 9 heteroatoms. The van der Waals surface area contributed by atoms with E-state index in [-0.39, 0.29) is 6.42 Å². The van der Waals surface area contributed by atoms with E-state index >= 15 is 0 Å². The number of thiazole rings is 1. The maximum atomic E-state index is 12.2. The zero-order chi connectivity index (χ0) is 23.1. The summed E-state index contributed by atoms with van der Waals surface area (Å²) in [5.41, 5.74) is 3.49. The predicted molar refractivity (Wildman–Crippen MR) is 122 cm³/mol. The van der Waals surface area contributed by atoms with E-state index in [1.807, 2.05) is 36.6 Å². The van der Waals surface area contributed by atoms with E-state index in [1.54, 1.807) is 12.1 Å². The summed E-state index contributed by atoms with van der Waals surface area (Å²) < 4.78 is 20.9. The summed E-state index contributed by atoms with van der Waals surface area (Å²) in [6.07, 6.45) is -0.0567. The highest BCUT2D eigenvalue weighted by Crippen LogP contribution is 2.38. The first-order valence-corrected chi connectivity index (χ1v) is 10.6. The topological polar surface area (TPSA) is 96.0 Å². The van der Waals surface area contributed by atoms with E-state index in [9.17, 15) is 9.59 Å². The minimum atomic E-state index is -0.561. The molecule has 1 N–H and O–H groups in total. The van der Waals surface area contributed by atoms with Gasteiger partial charge in [-0.3, -0.25) is 14.9 Å². The molecule has 0 bridgehead atoms. The van der Waals surface area contributed by atoms with E-state index in [0.29, 0.717) is 27.9 Å². The van der Waals surface area contributed by atoms with Crippen LogP contribution >= 0.6 is 11.3 Å². The fourth-order valence-corrected chi connectivity index (χ4v) is 3.68. The second-order valence-corrected chi connectivity index (χ2v) is 7.68. The van der Waals surface area contributed by atoms with Crippen LogP contribution in [0.25, 0.3) is 11.3 Å². The van der Waals surface area contributed by atoms with Crippen molar-refractivity contribution in [3.63, 3.8) is 0 Å². The van der Waals surface area contributed by atoms with Crippen LogP contribution in [0.15, 0.2) is 41.8 Å². The number of carbonyl (C=O) groups excluding carboxylic acids is 2. The fourth-order valence-electron chi connectivity index (χ4n) is 2.94. The van der Waals surface area contributed by atoms with Crippen molar-refractivity contribution in [3.05, 3.63) is 52.9 Å². The van der Waals surface area contributed by atoms with Gasteiger partial charge in [0.15, 0.2) is 23.2 Å². The van der Waals surface area contributed by atoms with Crippen LogP contribution in [0.1, 0.15) is 11.1 Å². The molecule has 1 amide bonds. The van der Waals surface area contributed by atoms with Crippen LogP contribution in [-0.2, 0) is 20.7 Å². The molecule has 0 atom stereocenters. The predicted octanol–water partition coefficient (Wildman–Crippen LogP) is 3.87. The fraction of sp³-hybridized carbons (Fsp3) is 0.261. The largest absolute Gasteiger partial charge is 0.493 e. The van der Waals surface area contributed by atoms with Crippen LogP contribution < -0.4 is 19.5 Å². The summed E-state index contributed by atoms with van der Waals surface area (Å²) in [5, 5.41) is 4.94. The molecular weight excluding hydrogens is 432 g/mol. The Morgan fingerprint density at radius 2 is 1.66 bits per heavy atom. The average Bonchev–Trinajstić information content (AvgIpc) is 3.25. The van der Waals surface area contributed by atoms with Crippen molar-refractivity contribution in [2.24, 2.45) is 0 Å². The second kappa shape index (κ2) is 10.6. The zero-order valence-corrected chi connectivity index (χ0v) is 19.1. The third-order valence-electron chi connectivity index (χ3n) is 4.54. The number of amides is 1. The third-order valence-corrected chi connectivity index (χ3v) is 5.29. The monoisotopic (exact) mass is 456 g/mol. The number of nitrogens with zero attached hydrogens (tertiary/aromatic N) is 1. The molecule has 0 radical (unpaired) electrons. The molecular formula is C23H24N2O6S. The highest BCUT2D eigenvalue weighted by atomic mass is 32.1. The van der Waals surface area contributed by atoms with Crippen molar-refractivity contribution in [1.29, 1.82) is 0 Å². The van der Waals surface area contributed by atoms with Gasteiger partial charge in [-0.05, 0) is 24.6 Å². The maximum absolute atomic E-state index is 12.2. The van der Waals surface area contributed by atoms with Gasteiger partial charge in [-0.2, -0.15) is 0 Å². The standard InChI is InChI=1S/C23H24N2O6S/c1-14-5-7-16(8-6-14)17-13-32-23(24-17)25-20(26)12-31-21(27)11-15-9-18(28-2)22(30-4)19(10-15)29-3/h5-10,13H,11-12H2,1-4H3,(H,24,25,26). The van der Waals surface area contributed by atoms with Gasteiger partial charge in [0.1, 0.15) is 0 Å². The highest BCUT2D eigenvalue weighted by Gasteiger charge is 2.16. The Morgan fingerprint density at radius 3 is 2.25 bits per heavy atom. The summed E-state index contributed by atoms with van der Waals surface area (Å²) in [7, 11) is 4.48. The number of benzene rings is 2. The van der Waals surface area contributed by atoms with Crippen LogP contribution in [0.4, 0.5) is 5.13 Å². The highest BCUT2D eigenvalue weighted by molar-refractivity contribution is 7.14. The van der Waals surface area contributed by atoms with E-state index in [1.165, 1.54) is 32.7 Å². The number of hydrogen-bond donors (Lipinski definition) is 1. The van der Waals surface area contributed by atoms with E-state index in [0.717, 1.165) is 16.8 Å². The number of rotatable bonds is 9. The van der Waals surface area contributed by atoms with Crippen LogP contribution in [-0.4, -0.2) is 44.8 Å². The smallest absolute Gasteiger partial charge is 0.310 e. The first-order valence-electron chi connectivity index (χ1n) is 9.70. The molecule has 3 rings (SSSR count). The maximum Gasteiger partial charge on any atom is 0.310 e. The van der Waals surface area contributed by atoms with Crippen LogP contribution in [0, 0.1) is 6.92 Å². The number of anilines is 1. The van der Waals surface area contributed by atoms with Gasteiger partial charge in [0.2, 0.25) is 5.75 Å². The van der Waals surface area contributed by atoms with Crippen molar-refractivity contribution >= 4 is 28.3 Å². The molecule has 0 aliphatic heterocycles. The van der Waals surface area contributed by atoms with E-state index < -0.39 is 18.5 Å². The van der Waals surface area contributed by atoms with Crippen LogP contribution in [0.5, 0.6) is 17.2 Å². The number of esters is 1. The second-order valence-electron chi connectivity index (χ2n) is 6.82. The van der Waals surface area contributed by atoms with Crippen molar-refractivity contribution in [3.8, 4) is 28.5 Å². The Morgan fingerprint density at radius 1 is 1.00 bits per heavy atom. The zero-order valence-electron chi connectivity index (χ0n) is 18.3. The molecule has 0 unspecified atom stereocenters. The quantitative estimate of drug-likeness (QED) is 0.488. The van der Waals surface area contributed by atoms with Crippen molar-refractivity contribution in [1.82, 2.24) is 4.98 Å². The number of hydrogen-bond acceptors (Lipinski definition) is 8. The van der Waals surface area contributed by atoms with Gasteiger partial charge in [-0.15, -0.1) is 11.3 Å². The Kier molecular flexibility index (Phi) is 7.67. The van der Waals surface area contributed by atoms with Crippen molar-refractivity contribution in [2.45, 2.75) is 13.3 Å². The van der Waals surface area contributed by atoms with Gasteiger partial charge >= 0.3 is 5.97 Å². The van der Waals surface area contributed by atoms with Crippen LogP contribution in [0.3, 0.4) is 0 Å². The van der Waals surface area contributed by atoms with Gasteiger partial charge in [-0.25, -0.2) is 4.98 Å². The summed E-state index contributed by atoms with van der Waals surface area (Å²) in [4.78, 5) is 28.8. The number of aromatic nitrogens is 1. The van der Waals surface area contributed by atoms with E-state index in [2.05, 4.69) is 10.3 Å². The summed E-state index contributed by atoms with van der Waals surface area (Å²) in [6.45, 7) is 1.60. The molecule has 168 valence electrons. The van der Waals surface area contributed by atoms with Gasteiger partial charge < -0.3 is 18.9 Å². The minimum absolute atomic E-state index is 0.0567. The van der Waals surface area contributed by atoms with Gasteiger partial charge in [0, 0.05) is 10.9 Å². The minimum Gasteiger partial charge on any atom is -0.493 e. The molecule has 8 nitrogen and oxygen atoms in total. The number of carbonyl (C=O) groups is 2. The Bertz CT molecular complexity index is 1070. The molecule has 32 heavy (non-hydrogen) atoms. The Balaban J connectivity index is 1.54. The lowest BCUT2D eigenvalue weighted by Crippen LogP contribution is -2.21. The number of nitrogens with one attached hydrogen (secondary N) is 1. The SMILES string of the molecule is COc1cc(CC(=O)OCC(=O)Nc2nc(-c3ccc(C)cc3)cs2)cc(OC)c1OC. The van der Waals surface area contributed by atoms with E-state index in [4.69, 9.17) is 18.9 Å². The summed E-state index contributed by atoms with van der Waals surface area (Å²) in [5.74, 6) is 0.267. The summed E-state index contributed by atoms with van der Waals surface area (Å²) >= 11 is 1.30. The van der Waals surface area contributed by atoms with Gasteiger partial charge in [-0.1, -0.05) is 29.8 Å². The molecule has 0 fully saturated rings. The molecule has 0 saturated heterocycles. The normalized spacial score (nSPS) is 10.4. The molecule has 2 aromatic carbocycles. The molecule has 3 aromatic rings. The lowest BCUT2D eigenvalue weighted by molar-refractivity contribution is -0.146. The van der Waals surface area contributed by atoms with Crippen LogP contribution in [0.2, 0.25) is 0 Å². The lowest BCUT2D eigenvalue weighted by atomic mass is 10.1. The Hall–Kier alpha value is -3.59. The van der Waals surface area contributed by atoms with Gasteiger partial charge in [0.25, 0.3) is 5.91 Å². The molecule has 1 heterocycles. The first-order chi connectivity index (χ1) is 15.4. The average molecular weight is 457 g/mol. The van der Waals surface area contributed by atoms with Crippen molar-refractivity contribution < 1.29 is 28.5 Å². The molecule has 0 aliphatic rings. The number of ether oxygens (including phenoxy) is 4. The number of methoxy groups -OCH3 is 3. The molecule has 0 saturated carbocycles. The van der Waals surface area contributed by atoms with Crippen molar-refractivity contribution in [2.75, 3.05) is 33.3 Å². The first kappa shape index (κ1) is 23.1. The number of aryl methyl sites for hydroxylation is 1. The Labute approximate surface area is 190 Å². The van der Waals surface area contributed by atoms with Gasteiger partial charge in [0.05, 0.1) is 33.4 Å². The lowest BCUT2D eigenvalue weighted by Gasteiger charge is -2.14. The molecule has 0 aliphatic carbocycles. The molecule has 1 aromatic heterocycles. The summed E-state index contributed by atoms with van der Waals surface area (Å²) in [6, 6.07) is 11.3. The third kappa shape index (κ3) is 5.76. The molecule has 0 spiro atoms.